The minimum Gasteiger partial charge on any atom is -0.418 e. The van der Waals surface area contributed by atoms with Crippen LogP contribution in [-0.2, 0) is 9.47 Å². The van der Waals surface area contributed by atoms with Gasteiger partial charge in [-0.3, -0.25) is 0 Å². The van der Waals surface area contributed by atoms with Gasteiger partial charge in [0.1, 0.15) is 0 Å². The largest absolute Gasteiger partial charge is 0.418 e. The van der Waals surface area contributed by atoms with Gasteiger partial charge < -0.3 is 9.47 Å². The summed E-state index contributed by atoms with van der Waals surface area (Å²) in [6.07, 6.45) is 0. The lowest BCUT2D eigenvalue weighted by atomic mass is 10.0. The van der Waals surface area contributed by atoms with Gasteiger partial charge in [0, 0.05) is 21.2 Å². The third-order valence-electron chi connectivity index (χ3n) is 5.53. The molecule has 0 fully saturated rings. The van der Waals surface area contributed by atoms with Crippen LogP contribution in [0.1, 0.15) is 43.0 Å². The summed E-state index contributed by atoms with van der Waals surface area (Å²) in [5.41, 5.74) is 3.51. The van der Waals surface area contributed by atoms with Crippen molar-refractivity contribution in [2.45, 2.75) is 13.8 Å². The third kappa shape index (κ3) is 5.85. The van der Waals surface area contributed by atoms with Gasteiger partial charge in [0.2, 0.25) is 0 Å². The molecule has 4 aromatic carbocycles. The van der Waals surface area contributed by atoms with Gasteiger partial charge in [0.05, 0.1) is 11.1 Å². The van der Waals surface area contributed by atoms with E-state index in [1.807, 2.05) is 62.4 Å². The molecule has 0 saturated carbocycles. The highest BCUT2D eigenvalue weighted by atomic mass is 35.5. The second kappa shape index (κ2) is 11.3. The molecular weight excluding hydrogens is 495 g/mol. The predicted octanol–water partition coefficient (Wildman–Crippen LogP) is 8.15. The summed E-state index contributed by atoms with van der Waals surface area (Å²) in [4.78, 5) is 26.4. The van der Waals surface area contributed by atoms with Crippen LogP contribution in [0, 0.1) is 13.8 Å². The molecule has 0 bridgehead atoms. The highest BCUT2D eigenvalue weighted by molar-refractivity contribution is 6.31. The summed E-state index contributed by atoms with van der Waals surface area (Å²) in [5.74, 6) is -0.966. The van der Waals surface area contributed by atoms with Crippen molar-refractivity contribution in [1.29, 1.82) is 0 Å². The van der Waals surface area contributed by atoms with Crippen LogP contribution in [0.15, 0.2) is 97.1 Å². The van der Waals surface area contributed by atoms with Gasteiger partial charge in [-0.15, -0.1) is 0 Å². The maximum atomic E-state index is 13.2. The molecule has 0 heterocycles. The lowest BCUT2D eigenvalue weighted by Crippen LogP contribution is -2.12. The van der Waals surface area contributed by atoms with Crippen molar-refractivity contribution in [3.63, 3.8) is 0 Å². The van der Waals surface area contributed by atoms with Crippen LogP contribution in [0.4, 0.5) is 0 Å². The van der Waals surface area contributed by atoms with Gasteiger partial charge in [-0.1, -0.05) is 71.7 Å². The number of esters is 2. The fraction of sp³-hybridized carbons (Fsp3) is 0.0667. The molecule has 0 unspecified atom stereocenters. The molecule has 36 heavy (non-hydrogen) atoms. The zero-order valence-corrected chi connectivity index (χ0v) is 21.1. The van der Waals surface area contributed by atoms with Crippen LogP contribution in [0.2, 0.25) is 10.0 Å². The maximum Gasteiger partial charge on any atom is 0.343 e. The van der Waals surface area contributed by atoms with Gasteiger partial charge in [-0.05, 0) is 73.5 Å². The van der Waals surface area contributed by atoms with E-state index in [1.54, 1.807) is 48.5 Å². The van der Waals surface area contributed by atoms with Crippen molar-refractivity contribution in [2.24, 2.45) is 0 Å². The van der Waals surface area contributed by atoms with E-state index >= 15 is 0 Å². The van der Waals surface area contributed by atoms with E-state index in [-0.39, 0.29) is 11.5 Å². The van der Waals surface area contributed by atoms with E-state index in [4.69, 9.17) is 32.7 Å². The van der Waals surface area contributed by atoms with Crippen LogP contribution in [-0.4, -0.2) is 11.9 Å². The van der Waals surface area contributed by atoms with Gasteiger partial charge >= 0.3 is 11.9 Å². The summed E-state index contributed by atoms with van der Waals surface area (Å²) < 4.78 is 11.9. The van der Waals surface area contributed by atoms with E-state index in [0.29, 0.717) is 32.3 Å². The fourth-order valence-electron chi connectivity index (χ4n) is 3.58. The van der Waals surface area contributed by atoms with Crippen molar-refractivity contribution >= 4 is 46.7 Å². The Balaban J connectivity index is 1.89. The van der Waals surface area contributed by atoms with E-state index in [2.05, 4.69) is 0 Å². The molecule has 4 nitrogen and oxygen atoms in total. The second-order valence-electron chi connectivity index (χ2n) is 8.08. The fourth-order valence-corrected chi connectivity index (χ4v) is 3.83. The number of benzene rings is 4. The monoisotopic (exact) mass is 516 g/mol. The lowest BCUT2D eigenvalue weighted by molar-refractivity contribution is 0.0646. The molecule has 0 aliphatic heterocycles. The minimum atomic E-state index is -0.612. The Hall–Kier alpha value is -3.86. The van der Waals surface area contributed by atoms with E-state index in [0.717, 1.165) is 11.1 Å². The summed E-state index contributed by atoms with van der Waals surface area (Å²) in [7, 11) is 0. The number of carbonyl (C=O) groups is 2. The third-order valence-corrected chi connectivity index (χ3v) is 6.04. The van der Waals surface area contributed by atoms with Crippen LogP contribution in [0.3, 0.4) is 0 Å². The van der Waals surface area contributed by atoms with Crippen LogP contribution >= 0.6 is 23.2 Å². The number of rotatable bonds is 6. The zero-order valence-electron chi connectivity index (χ0n) is 19.6. The first-order chi connectivity index (χ1) is 17.3. The molecule has 0 spiro atoms. The van der Waals surface area contributed by atoms with Crippen molar-refractivity contribution in [3.05, 3.63) is 140 Å². The molecule has 0 radical (unpaired) electrons. The van der Waals surface area contributed by atoms with Gasteiger partial charge in [-0.2, -0.15) is 0 Å². The molecule has 0 saturated heterocycles. The summed E-state index contributed by atoms with van der Waals surface area (Å²) in [5, 5.41) is 0.998. The Morgan fingerprint density at radius 3 is 1.19 bits per heavy atom. The molecule has 0 N–H and O–H groups in total. The van der Waals surface area contributed by atoms with Crippen molar-refractivity contribution in [2.75, 3.05) is 0 Å². The molecule has 4 aromatic rings. The number of halogens is 2. The Bertz CT molecular complexity index is 1330. The maximum absolute atomic E-state index is 13.2. The van der Waals surface area contributed by atoms with Crippen molar-refractivity contribution in [3.8, 4) is 0 Å². The van der Waals surface area contributed by atoms with Gasteiger partial charge in [0.15, 0.2) is 11.5 Å². The first-order valence-electron chi connectivity index (χ1n) is 11.2. The Morgan fingerprint density at radius 1 is 0.528 bits per heavy atom. The second-order valence-corrected chi connectivity index (χ2v) is 8.95. The van der Waals surface area contributed by atoms with Crippen LogP contribution in [0.5, 0.6) is 0 Å². The highest BCUT2D eigenvalue weighted by Crippen LogP contribution is 2.33. The van der Waals surface area contributed by atoms with E-state index in [1.165, 1.54) is 0 Å². The first kappa shape index (κ1) is 25.2. The van der Waals surface area contributed by atoms with E-state index < -0.39 is 11.9 Å². The quantitative estimate of drug-likeness (QED) is 0.147. The Kier molecular flexibility index (Phi) is 7.89. The SMILES string of the molecule is Cc1ccccc1/C(OC(=O)c1ccc(Cl)cc1)=C(\OC(=O)c1ccc(Cl)cc1)c1ccccc1C. The van der Waals surface area contributed by atoms with Gasteiger partial charge in [-0.25, -0.2) is 9.59 Å². The van der Waals surface area contributed by atoms with Crippen molar-refractivity contribution < 1.29 is 19.1 Å². The topological polar surface area (TPSA) is 52.6 Å². The molecule has 0 aliphatic carbocycles. The molecule has 0 aromatic heterocycles. The molecule has 0 amide bonds. The molecule has 180 valence electrons. The van der Waals surface area contributed by atoms with Crippen LogP contribution < -0.4 is 0 Å². The molecule has 6 heteroatoms. The molecule has 4 rings (SSSR count). The molecular formula is C30H22Cl2O4. The van der Waals surface area contributed by atoms with Gasteiger partial charge in [0.25, 0.3) is 0 Å². The number of hydrogen-bond donors (Lipinski definition) is 0. The average Bonchev–Trinajstić information content (AvgIpc) is 2.87. The Labute approximate surface area is 219 Å². The highest BCUT2D eigenvalue weighted by Gasteiger charge is 2.24. The minimum absolute atomic E-state index is 0.129. The number of carbonyl (C=O) groups excluding carboxylic acids is 2. The Morgan fingerprint density at radius 2 is 0.861 bits per heavy atom. The standard InChI is InChI=1S/C30H22Cl2O4/c1-19-7-3-5-9-25(19)27(35-29(33)21-11-15-23(31)16-12-21)28(26-10-6-4-8-20(26)2)36-30(34)22-13-17-24(32)18-14-22/h3-18H,1-2H3/b28-27+. The smallest absolute Gasteiger partial charge is 0.343 e. The number of hydrogen-bond acceptors (Lipinski definition) is 4. The predicted molar refractivity (Wildman–Crippen MR) is 143 cm³/mol. The lowest BCUT2D eigenvalue weighted by Gasteiger charge is -2.19. The zero-order chi connectivity index (χ0) is 25.7. The van der Waals surface area contributed by atoms with E-state index in [9.17, 15) is 9.59 Å². The normalized spacial score (nSPS) is 11.4. The summed E-state index contributed by atoms with van der Waals surface area (Å²) in [6, 6.07) is 27.6. The van der Waals surface area contributed by atoms with Crippen LogP contribution in [0.25, 0.3) is 11.5 Å². The summed E-state index contributed by atoms with van der Waals surface area (Å²) >= 11 is 12.0. The number of ether oxygens (including phenoxy) is 2. The summed E-state index contributed by atoms with van der Waals surface area (Å²) in [6.45, 7) is 3.78. The molecule has 0 atom stereocenters. The molecule has 0 aliphatic rings. The van der Waals surface area contributed by atoms with Crippen molar-refractivity contribution in [1.82, 2.24) is 0 Å². The number of aryl methyl sites for hydroxylation is 2. The first-order valence-corrected chi connectivity index (χ1v) is 11.9. The average molecular weight is 517 g/mol.